The van der Waals surface area contributed by atoms with Gasteiger partial charge in [0.1, 0.15) is 11.2 Å². The van der Waals surface area contributed by atoms with Crippen molar-refractivity contribution in [1.29, 1.82) is 0 Å². The molecule has 1 aromatic heterocycles. The van der Waals surface area contributed by atoms with Crippen LogP contribution in [0.5, 0.6) is 0 Å². The number of aldehydes is 1. The maximum atomic E-state index is 12.0. The van der Waals surface area contributed by atoms with E-state index < -0.39 is 20.8 Å². The Morgan fingerprint density at radius 3 is 2.29 bits per heavy atom. The third kappa shape index (κ3) is 3.39. The Morgan fingerprint density at radius 1 is 1.14 bits per heavy atom. The molecule has 2 aromatic rings. The molecule has 0 aliphatic heterocycles. The number of rotatable bonds is 5. The van der Waals surface area contributed by atoms with Gasteiger partial charge in [0.25, 0.3) is 10.0 Å². The number of anilines is 1. The summed E-state index contributed by atoms with van der Waals surface area (Å²) in [5.74, 6) is -0.440. The fourth-order valence-electron chi connectivity index (χ4n) is 1.48. The molecule has 0 radical (unpaired) electrons. The van der Waals surface area contributed by atoms with E-state index in [0.29, 0.717) is 11.8 Å². The van der Waals surface area contributed by atoms with Gasteiger partial charge in [-0.05, 0) is 40.2 Å². The van der Waals surface area contributed by atoms with E-state index >= 15 is 0 Å². The number of nitrogens with one attached hydrogen (secondary N) is 1. The molecule has 1 aromatic carbocycles. The molecule has 0 atom stereocenters. The largest absolute Gasteiger partial charge is 0.363 e. The van der Waals surface area contributed by atoms with Crippen molar-refractivity contribution < 1.29 is 18.1 Å². The molecule has 0 spiro atoms. The van der Waals surface area contributed by atoms with Gasteiger partial charge in [-0.25, -0.2) is 8.42 Å². The van der Waals surface area contributed by atoms with Crippen molar-refractivity contribution in [2.75, 3.05) is 4.72 Å². The van der Waals surface area contributed by atoms with Crippen LogP contribution >= 0.6 is 0 Å². The van der Waals surface area contributed by atoms with Crippen LogP contribution in [0, 0.1) is 10.1 Å². The third-order valence-electron chi connectivity index (χ3n) is 2.52. The second-order valence-electron chi connectivity index (χ2n) is 3.95. The molecule has 0 fully saturated rings. The zero-order chi connectivity index (χ0) is 15.5. The molecular weight excluding hydrogens is 298 g/mol. The lowest BCUT2D eigenvalue weighted by Crippen LogP contribution is -2.13. The highest BCUT2D eigenvalue weighted by Crippen LogP contribution is 2.17. The second-order valence-corrected chi connectivity index (χ2v) is 5.64. The molecule has 9 heteroatoms. The van der Waals surface area contributed by atoms with Crippen LogP contribution in [0.15, 0.2) is 47.5 Å². The predicted octanol–water partition coefficient (Wildman–Crippen LogP) is 1.60. The molecule has 0 saturated heterocycles. The first-order valence-electron chi connectivity index (χ1n) is 5.61. The Bertz CT molecular complexity index is 770. The summed E-state index contributed by atoms with van der Waals surface area (Å²) >= 11 is 0. The van der Waals surface area contributed by atoms with Gasteiger partial charge in [-0.2, -0.15) is 0 Å². The van der Waals surface area contributed by atoms with Gasteiger partial charge in [-0.3, -0.25) is 9.52 Å². The Morgan fingerprint density at radius 2 is 1.81 bits per heavy atom. The van der Waals surface area contributed by atoms with Gasteiger partial charge in [0.05, 0.1) is 0 Å². The van der Waals surface area contributed by atoms with Gasteiger partial charge in [0.2, 0.25) is 0 Å². The molecule has 0 amide bonds. The molecule has 1 heterocycles. The number of benzene rings is 1. The molecule has 0 saturated carbocycles. The number of hydrogen-bond acceptors (Lipinski definition) is 6. The lowest BCUT2D eigenvalue weighted by Gasteiger charge is -2.06. The Hall–Kier alpha value is -2.81. The molecular formula is C12H9N3O5S. The second kappa shape index (κ2) is 5.67. The number of nitro groups is 1. The summed E-state index contributed by atoms with van der Waals surface area (Å²) in [5.41, 5.74) is 0.675. The molecule has 0 bridgehead atoms. The average molecular weight is 307 g/mol. The number of carbonyl (C=O) groups is 1. The van der Waals surface area contributed by atoms with Crippen LogP contribution in [0.25, 0.3) is 0 Å². The number of sulfonamides is 1. The number of pyridine rings is 1. The van der Waals surface area contributed by atoms with E-state index in [1.54, 1.807) is 0 Å². The van der Waals surface area contributed by atoms with Crippen LogP contribution in [0.1, 0.15) is 10.4 Å². The molecule has 8 nitrogen and oxygen atoms in total. The van der Waals surface area contributed by atoms with Crippen LogP contribution in [0.2, 0.25) is 0 Å². The molecule has 0 aliphatic carbocycles. The minimum absolute atomic E-state index is 0.201. The fraction of sp³-hybridized carbons (Fsp3) is 0. The van der Waals surface area contributed by atoms with Gasteiger partial charge in [-0.15, -0.1) is 0 Å². The summed E-state index contributed by atoms with van der Waals surface area (Å²) in [6.07, 6.45) is 1.54. The summed E-state index contributed by atoms with van der Waals surface area (Å²) in [6, 6.07) is 7.87. The first kappa shape index (κ1) is 14.6. The molecule has 108 valence electrons. The van der Waals surface area contributed by atoms with Gasteiger partial charge in [-0.1, -0.05) is 0 Å². The van der Waals surface area contributed by atoms with Gasteiger partial charge < -0.3 is 10.1 Å². The molecule has 1 N–H and O–H groups in total. The minimum atomic E-state index is -3.90. The van der Waals surface area contributed by atoms with E-state index in [1.165, 1.54) is 24.3 Å². The maximum absolute atomic E-state index is 12.0. The van der Waals surface area contributed by atoms with Crippen molar-refractivity contribution in [1.82, 2.24) is 4.98 Å². The zero-order valence-corrected chi connectivity index (χ0v) is 11.3. The normalized spacial score (nSPS) is 10.9. The Balaban J connectivity index is 2.24. The van der Waals surface area contributed by atoms with Crippen molar-refractivity contribution >= 4 is 27.8 Å². The molecule has 0 aliphatic rings. The van der Waals surface area contributed by atoms with E-state index in [2.05, 4.69) is 9.71 Å². The van der Waals surface area contributed by atoms with E-state index in [0.717, 1.165) is 18.3 Å². The number of carbonyl (C=O) groups excluding carboxylic acids is 1. The topological polar surface area (TPSA) is 119 Å². The third-order valence-corrected chi connectivity index (χ3v) is 3.88. The first-order valence-corrected chi connectivity index (χ1v) is 7.09. The van der Waals surface area contributed by atoms with Crippen molar-refractivity contribution in [2.24, 2.45) is 0 Å². The van der Waals surface area contributed by atoms with Crippen LogP contribution in [0.3, 0.4) is 0 Å². The summed E-state index contributed by atoms with van der Waals surface area (Å²) in [4.78, 5) is 23.5. The lowest BCUT2D eigenvalue weighted by atomic mass is 10.2. The number of nitrogens with zero attached hydrogens (tertiary/aromatic N) is 2. The monoisotopic (exact) mass is 307 g/mol. The van der Waals surface area contributed by atoms with E-state index in [4.69, 9.17) is 0 Å². The maximum Gasteiger partial charge on any atom is 0.363 e. The van der Waals surface area contributed by atoms with Crippen LogP contribution in [-0.4, -0.2) is 24.6 Å². The molecule has 21 heavy (non-hydrogen) atoms. The van der Waals surface area contributed by atoms with E-state index in [1.807, 2.05) is 0 Å². The van der Waals surface area contributed by atoms with Crippen molar-refractivity contribution in [2.45, 2.75) is 4.90 Å². The highest BCUT2D eigenvalue weighted by molar-refractivity contribution is 7.92. The van der Waals surface area contributed by atoms with Crippen molar-refractivity contribution in [3.05, 3.63) is 58.3 Å². The SMILES string of the molecule is O=Cc1ccc(NS(=O)(=O)c2ccc([N+](=O)[O-])nc2)cc1. The number of aromatic nitrogens is 1. The van der Waals surface area contributed by atoms with Crippen LogP contribution in [0.4, 0.5) is 11.5 Å². The van der Waals surface area contributed by atoms with Crippen LogP contribution < -0.4 is 4.72 Å². The fourth-order valence-corrected chi connectivity index (χ4v) is 2.49. The summed E-state index contributed by atoms with van der Waals surface area (Å²) < 4.78 is 26.4. The Labute approximate surface area is 119 Å². The average Bonchev–Trinajstić information content (AvgIpc) is 2.48. The highest BCUT2D eigenvalue weighted by atomic mass is 32.2. The molecule has 2 rings (SSSR count). The smallest absolute Gasteiger partial charge is 0.358 e. The van der Waals surface area contributed by atoms with E-state index in [-0.39, 0.29) is 10.6 Å². The van der Waals surface area contributed by atoms with Gasteiger partial charge in [0.15, 0.2) is 6.20 Å². The first-order chi connectivity index (χ1) is 9.92. The van der Waals surface area contributed by atoms with Crippen LogP contribution in [-0.2, 0) is 10.0 Å². The summed E-state index contributed by atoms with van der Waals surface area (Å²) in [6.45, 7) is 0. The highest BCUT2D eigenvalue weighted by Gasteiger charge is 2.18. The summed E-state index contributed by atoms with van der Waals surface area (Å²) in [7, 11) is -3.90. The lowest BCUT2D eigenvalue weighted by molar-refractivity contribution is -0.389. The Kier molecular flexibility index (Phi) is 3.94. The van der Waals surface area contributed by atoms with Gasteiger partial charge in [0, 0.05) is 17.3 Å². The standard InChI is InChI=1S/C12H9N3O5S/c16-8-9-1-3-10(4-2-9)14-21(19,20)11-5-6-12(13-7-11)15(17)18/h1-8,14H. The summed E-state index contributed by atoms with van der Waals surface area (Å²) in [5, 5.41) is 10.5. The molecule has 0 unspecified atom stereocenters. The number of hydrogen-bond donors (Lipinski definition) is 1. The van der Waals surface area contributed by atoms with Crippen molar-refractivity contribution in [3.8, 4) is 0 Å². The minimum Gasteiger partial charge on any atom is -0.358 e. The quantitative estimate of drug-likeness (QED) is 0.509. The van der Waals surface area contributed by atoms with Gasteiger partial charge >= 0.3 is 5.82 Å². The zero-order valence-electron chi connectivity index (χ0n) is 10.5. The van der Waals surface area contributed by atoms with E-state index in [9.17, 15) is 23.3 Å². The predicted molar refractivity (Wildman–Crippen MR) is 73.5 cm³/mol. The van der Waals surface area contributed by atoms with Crippen molar-refractivity contribution in [3.63, 3.8) is 0 Å².